The van der Waals surface area contributed by atoms with E-state index in [9.17, 15) is 4.79 Å². The van der Waals surface area contributed by atoms with E-state index >= 15 is 0 Å². The molecule has 0 aliphatic rings. The summed E-state index contributed by atoms with van der Waals surface area (Å²) >= 11 is 0. The number of carbonyl (C=O) groups is 1. The minimum atomic E-state index is -0.0712. The van der Waals surface area contributed by atoms with Crippen LogP contribution in [-0.4, -0.2) is 58.4 Å². The van der Waals surface area contributed by atoms with Crippen molar-refractivity contribution in [1.82, 2.24) is 24.6 Å². The first-order valence-electron chi connectivity index (χ1n) is 9.71. The van der Waals surface area contributed by atoms with Crippen molar-refractivity contribution >= 4 is 5.91 Å². The number of hydrogen-bond donors (Lipinski definition) is 0. The molecule has 0 saturated carbocycles. The number of benzene rings is 1. The van der Waals surface area contributed by atoms with Crippen LogP contribution in [0, 0.1) is 12.8 Å². The molecule has 1 amide bonds. The molecule has 0 atom stereocenters. The number of rotatable bonds is 7. The fraction of sp³-hybridized carbons (Fsp3) is 0.364. The van der Waals surface area contributed by atoms with Crippen molar-refractivity contribution in [2.45, 2.75) is 20.8 Å². The van der Waals surface area contributed by atoms with Crippen molar-refractivity contribution in [3.8, 4) is 28.7 Å². The van der Waals surface area contributed by atoms with Gasteiger partial charge in [-0.25, -0.2) is 14.6 Å². The number of hydrogen-bond acceptors (Lipinski definition) is 6. The molecule has 0 unspecified atom stereocenters. The van der Waals surface area contributed by atoms with Gasteiger partial charge in [0.1, 0.15) is 11.5 Å². The molecule has 0 bridgehead atoms. The maximum atomic E-state index is 12.8. The van der Waals surface area contributed by atoms with Crippen LogP contribution in [-0.2, 0) is 0 Å². The number of carbonyl (C=O) groups excluding carboxylic acids is 1. The zero-order chi connectivity index (χ0) is 21.8. The van der Waals surface area contributed by atoms with Gasteiger partial charge in [0, 0.05) is 25.4 Å². The van der Waals surface area contributed by atoms with Crippen LogP contribution in [0.2, 0.25) is 0 Å². The van der Waals surface area contributed by atoms with Crippen LogP contribution < -0.4 is 9.47 Å². The zero-order valence-corrected chi connectivity index (χ0v) is 18.2. The molecule has 8 nitrogen and oxygen atoms in total. The van der Waals surface area contributed by atoms with E-state index < -0.39 is 0 Å². The van der Waals surface area contributed by atoms with Crippen molar-refractivity contribution in [1.29, 1.82) is 0 Å². The first-order valence-corrected chi connectivity index (χ1v) is 9.71. The van der Waals surface area contributed by atoms with Gasteiger partial charge in [0.25, 0.3) is 11.9 Å². The average molecular weight is 409 g/mol. The maximum absolute atomic E-state index is 12.8. The third kappa shape index (κ3) is 4.27. The quantitative estimate of drug-likeness (QED) is 0.595. The summed E-state index contributed by atoms with van der Waals surface area (Å²) in [4.78, 5) is 23.5. The predicted octanol–water partition coefficient (Wildman–Crippen LogP) is 3.38. The van der Waals surface area contributed by atoms with Gasteiger partial charge in [-0.1, -0.05) is 13.8 Å². The largest absolute Gasteiger partial charge is 0.497 e. The van der Waals surface area contributed by atoms with Crippen LogP contribution in [0.5, 0.6) is 11.5 Å². The highest BCUT2D eigenvalue weighted by atomic mass is 16.5. The zero-order valence-electron chi connectivity index (χ0n) is 18.2. The number of ether oxygens (including phenoxy) is 2. The SMILES string of the molecule is COc1ccc(OC)c(-c2ccnc(-n3ncc(C(=O)N(C)CC(C)C)c3C)n2)c1. The Hall–Kier alpha value is -3.42. The van der Waals surface area contributed by atoms with Crippen LogP contribution in [0.15, 0.2) is 36.7 Å². The molecule has 2 aromatic heterocycles. The molecule has 0 saturated heterocycles. The van der Waals surface area contributed by atoms with Gasteiger partial charge in [0.2, 0.25) is 0 Å². The highest BCUT2D eigenvalue weighted by molar-refractivity contribution is 5.95. The molecule has 3 aromatic rings. The van der Waals surface area contributed by atoms with Gasteiger partial charge in [-0.15, -0.1) is 0 Å². The van der Waals surface area contributed by atoms with E-state index in [2.05, 4.69) is 28.9 Å². The Morgan fingerprint density at radius 2 is 1.97 bits per heavy atom. The van der Waals surface area contributed by atoms with E-state index in [1.54, 1.807) is 49.3 Å². The summed E-state index contributed by atoms with van der Waals surface area (Å²) in [6, 6.07) is 7.31. The second-order valence-corrected chi connectivity index (χ2v) is 7.44. The van der Waals surface area contributed by atoms with Gasteiger partial charge in [-0.05, 0) is 37.1 Å². The maximum Gasteiger partial charge on any atom is 0.257 e. The van der Waals surface area contributed by atoms with E-state index in [1.807, 2.05) is 25.1 Å². The normalized spacial score (nSPS) is 10.9. The molecule has 158 valence electrons. The Balaban J connectivity index is 1.98. The first-order chi connectivity index (χ1) is 14.3. The van der Waals surface area contributed by atoms with Crippen LogP contribution in [0.4, 0.5) is 0 Å². The molecule has 1 aromatic carbocycles. The fourth-order valence-corrected chi connectivity index (χ4v) is 3.27. The fourth-order valence-electron chi connectivity index (χ4n) is 3.27. The van der Waals surface area contributed by atoms with E-state index in [1.165, 1.54) is 0 Å². The molecule has 0 radical (unpaired) electrons. The number of aromatic nitrogens is 4. The lowest BCUT2D eigenvalue weighted by Gasteiger charge is -2.19. The van der Waals surface area contributed by atoms with Crippen molar-refractivity contribution in [3.05, 3.63) is 47.9 Å². The van der Waals surface area contributed by atoms with Crippen LogP contribution in [0.25, 0.3) is 17.2 Å². The topological polar surface area (TPSA) is 82.4 Å². The van der Waals surface area contributed by atoms with Gasteiger partial charge in [-0.2, -0.15) is 5.10 Å². The van der Waals surface area contributed by atoms with Crippen molar-refractivity contribution in [3.63, 3.8) is 0 Å². The minimum Gasteiger partial charge on any atom is -0.497 e. The highest BCUT2D eigenvalue weighted by Crippen LogP contribution is 2.32. The number of methoxy groups -OCH3 is 2. The molecule has 3 rings (SSSR count). The lowest BCUT2D eigenvalue weighted by molar-refractivity contribution is 0.0778. The molecule has 2 heterocycles. The molecule has 0 aliphatic carbocycles. The molecule has 30 heavy (non-hydrogen) atoms. The van der Waals surface area contributed by atoms with E-state index in [-0.39, 0.29) is 5.91 Å². The summed E-state index contributed by atoms with van der Waals surface area (Å²) in [6.45, 7) is 6.66. The minimum absolute atomic E-state index is 0.0712. The second kappa shape index (κ2) is 8.94. The smallest absolute Gasteiger partial charge is 0.257 e. The van der Waals surface area contributed by atoms with E-state index in [0.717, 1.165) is 5.56 Å². The monoisotopic (exact) mass is 409 g/mol. The Bertz CT molecular complexity index is 1050. The first kappa shape index (κ1) is 21.3. The lowest BCUT2D eigenvalue weighted by Crippen LogP contribution is -2.30. The summed E-state index contributed by atoms with van der Waals surface area (Å²) in [7, 11) is 5.01. The van der Waals surface area contributed by atoms with Gasteiger partial charge in [0.05, 0.1) is 37.4 Å². The molecular weight excluding hydrogens is 382 g/mol. The highest BCUT2D eigenvalue weighted by Gasteiger charge is 2.20. The summed E-state index contributed by atoms with van der Waals surface area (Å²) in [5.74, 6) is 2.05. The second-order valence-electron chi connectivity index (χ2n) is 7.44. The Kier molecular flexibility index (Phi) is 6.34. The van der Waals surface area contributed by atoms with Crippen molar-refractivity contribution in [2.75, 3.05) is 27.8 Å². The third-order valence-electron chi connectivity index (χ3n) is 4.74. The Morgan fingerprint density at radius 1 is 1.20 bits per heavy atom. The van der Waals surface area contributed by atoms with Crippen molar-refractivity contribution < 1.29 is 14.3 Å². The molecular formula is C22H27N5O3. The number of nitrogens with zero attached hydrogens (tertiary/aromatic N) is 5. The van der Waals surface area contributed by atoms with Gasteiger partial charge >= 0.3 is 0 Å². The summed E-state index contributed by atoms with van der Waals surface area (Å²) in [6.07, 6.45) is 3.22. The standard InChI is InChI=1S/C22H27N5O3/c1-14(2)13-26(4)21(28)18-12-24-27(15(18)3)22-23-10-9-19(25-22)17-11-16(29-5)7-8-20(17)30-6/h7-12,14H,13H2,1-6H3. The molecule has 0 fully saturated rings. The molecule has 0 aliphatic heterocycles. The van der Waals surface area contributed by atoms with Crippen molar-refractivity contribution in [2.24, 2.45) is 5.92 Å². The van der Waals surface area contributed by atoms with Gasteiger partial charge < -0.3 is 14.4 Å². The average Bonchev–Trinajstić information content (AvgIpc) is 3.13. The molecule has 8 heteroatoms. The van der Waals surface area contributed by atoms with Gasteiger partial charge in [-0.3, -0.25) is 4.79 Å². The Labute approximate surface area is 176 Å². The van der Waals surface area contributed by atoms with Gasteiger partial charge in [0.15, 0.2) is 0 Å². The Morgan fingerprint density at radius 3 is 2.63 bits per heavy atom. The predicted molar refractivity (Wildman–Crippen MR) is 114 cm³/mol. The molecule has 0 N–H and O–H groups in total. The van der Waals surface area contributed by atoms with E-state index in [4.69, 9.17) is 9.47 Å². The third-order valence-corrected chi connectivity index (χ3v) is 4.74. The van der Waals surface area contributed by atoms with E-state index in [0.29, 0.717) is 46.9 Å². The summed E-state index contributed by atoms with van der Waals surface area (Å²) in [5.41, 5.74) is 2.66. The number of amides is 1. The molecule has 0 spiro atoms. The summed E-state index contributed by atoms with van der Waals surface area (Å²) in [5, 5.41) is 4.37. The van der Waals surface area contributed by atoms with Crippen LogP contribution in [0.1, 0.15) is 29.9 Å². The summed E-state index contributed by atoms with van der Waals surface area (Å²) < 4.78 is 12.4. The van der Waals surface area contributed by atoms with Crippen LogP contribution >= 0.6 is 0 Å². The lowest BCUT2D eigenvalue weighted by atomic mass is 10.1. The van der Waals surface area contributed by atoms with Crippen LogP contribution in [0.3, 0.4) is 0 Å².